The van der Waals surface area contributed by atoms with Gasteiger partial charge in [-0.15, -0.1) is 0 Å². The van der Waals surface area contributed by atoms with E-state index in [-0.39, 0.29) is 28.6 Å². The van der Waals surface area contributed by atoms with Crippen LogP contribution in [-0.4, -0.2) is 34.7 Å². The molecular formula is C23H19F3N8O. The zero-order chi connectivity index (χ0) is 24.9. The lowest BCUT2D eigenvalue weighted by Gasteiger charge is -2.34. The number of aromatic amines is 1. The molecule has 1 aliphatic rings. The second-order valence-corrected chi connectivity index (χ2v) is 8.61. The molecule has 1 fully saturated rings. The summed E-state index contributed by atoms with van der Waals surface area (Å²) in [7, 11) is 0. The molecule has 178 valence electrons. The molecule has 0 aromatic carbocycles. The highest BCUT2D eigenvalue weighted by Crippen LogP contribution is 2.46. The van der Waals surface area contributed by atoms with Gasteiger partial charge in [0.2, 0.25) is 0 Å². The molecule has 12 heteroatoms. The molecule has 0 spiro atoms. The molecular weight excluding hydrogens is 461 g/mol. The Labute approximate surface area is 196 Å². The number of rotatable bonds is 4. The van der Waals surface area contributed by atoms with Gasteiger partial charge in [0.1, 0.15) is 28.8 Å². The first-order chi connectivity index (χ1) is 16.7. The molecule has 0 aliphatic heterocycles. The Kier molecular flexibility index (Phi) is 5.35. The third kappa shape index (κ3) is 3.92. The average Bonchev–Trinajstić information content (AvgIpc) is 3.18. The van der Waals surface area contributed by atoms with Gasteiger partial charge >= 0.3 is 6.18 Å². The zero-order valence-electron chi connectivity index (χ0n) is 18.7. The van der Waals surface area contributed by atoms with Gasteiger partial charge in [-0.3, -0.25) is 9.78 Å². The lowest BCUT2D eigenvalue weighted by Crippen LogP contribution is -2.28. The van der Waals surface area contributed by atoms with Crippen molar-refractivity contribution in [1.82, 2.24) is 34.7 Å². The monoisotopic (exact) mass is 480 g/mol. The maximum atomic E-state index is 13.0. The maximum Gasteiger partial charge on any atom is 0.433 e. The number of halogens is 3. The van der Waals surface area contributed by atoms with Gasteiger partial charge in [0.25, 0.3) is 5.56 Å². The van der Waals surface area contributed by atoms with E-state index in [0.717, 1.165) is 30.7 Å². The van der Waals surface area contributed by atoms with Crippen LogP contribution >= 0.6 is 0 Å². The van der Waals surface area contributed by atoms with Gasteiger partial charge in [-0.1, -0.05) is 6.07 Å². The molecule has 4 aromatic heterocycles. The highest BCUT2D eigenvalue weighted by molar-refractivity contribution is 5.80. The number of hydrogen-bond acceptors (Lipinski definition) is 7. The Morgan fingerprint density at radius 3 is 2.43 bits per heavy atom. The highest BCUT2D eigenvalue weighted by Gasteiger charge is 2.38. The molecule has 0 amide bonds. The number of hydrogen-bond donors (Lipinski definition) is 1. The third-order valence-electron chi connectivity index (χ3n) is 6.37. The quantitative estimate of drug-likeness (QED) is 0.471. The maximum absolute atomic E-state index is 13.0. The number of alkyl halides is 3. The summed E-state index contributed by atoms with van der Waals surface area (Å²) < 4.78 is 40.1. The van der Waals surface area contributed by atoms with Crippen LogP contribution in [0.1, 0.15) is 71.8 Å². The Balaban J connectivity index is 1.56. The first-order valence-electron chi connectivity index (χ1n) is 10.9. The number of aromatic nitrogens is 7. The van der Waals surface area contributed by atoms with E-state index in [1.807, 2.05) is 13.0 Å². The number of pyridine rings is 1. The van der Waals surface area contributed by atoms with Crippen LogP contribution < -0.4 is 5.56 Å². The summed E-state index contributed by atoms with van der Waals surface area (Å²) in [6.45, 7) is 3.59. The summed E-state index contributed by atoms with van der Waals surface area (Å²) >= 11 is 0. The van der Waals surface area contributed by atoms with Crippen LogP contribution in [0.2, 0.25) is 0 Å². The molecule has 1 N–H and O–H groups in total. The second-order valence-electron chi connectivity index (χ2n) is 8.61. The van der Waals surface area contributed by atoms with E-state index in [2.05, 4.69) is 30.0 Å². The summed E-state index contributed by atoms with van der Waals surface area (Å²) in [5.41, 5.74) is -0.0757. The number of fused-ring (bicyclic) bond motifs is 1. The van der Waals surface area contributed by atoms with Crippen molar-refractivity contribution in [1.29, 1.82) is 5.26 Å². The van der Waals surface area contributed by atoms with Crippen molar-refractivity contribution in [3.63, 3.8) is 0 Å². The number of nitriles is 1. The molecule has 5 rings (SSSR count). The van der Waals surface area contributed by atoms with Crippen molar-refractivity contribution in [2.75, 3.05) is 0 Å². The van der Waals surface area contributed by atoms with Gasteiger partial charge in [0.05, 0.1) is 6.04 Å². The average molecular weight is 480 g/mol. The normalized spacial score (nSPS) is 18.7. The Hall–Kier alpha value is -4.14. The van der Waals surface area contributed by atoms with E-state index in [9.17, 15) is 23.2 Å². The topological polar surface area (TPSA) is 126 Å². The van der Waals surface area contributed by atoms with Gasteiger partial charge in [-0.25, -0.2) is 19.6 Å². The number of nitrogens with one attached hydrogen (secondary N) is 1. The van der Waals surface area contributed by atoms with Crippen LogP contribution in [0.25, 0.3) is 11.0 Å². The van der Waals surface area contributed by atoms with E-state index in [4.69, 9.17) is 0 Å². The van der Waals surface area contributed by atoms with Crippen LogP contribution in [0.15, 0.2) is 35.5 Å². The largest absolute Gasteiger partial charge is 0.433 e. The second kappa shape index (κ2) is 8.26. The number of H-pyrrole nitrogens is 1. The van der Waals surface area contributed by atoms with Gasteiger partial charge in [-0.05, 0) is 43.9 Å². The van der Waals surface area contributed by atoms with Crippen LogP contribution in [0.4, 0.5) is 13.2 Å². The van der Waals surface area contributed by atoms with Crippen molar-refractivity contribution in [2.45, 2.75) is 50.7 Å². The summed E-state index contributed by atoms with van der Waals surface area (Å²) in [6, 6.07) is 3.46. The van der Waals surface area contributed by atoms with Crippen LogP contribution in [0, 0.1) is 18.3 Å². The molecule has 0 radical (unpaired) electrons. The predicted octanol–water partition coefficient (Wildman–Crippen LogP) is 3.77. The molecule has 0 bridgehead atoms. The summed E-state index contributed by atoms with van der Waals surface area (Å²) in [5.74, 6) is 0.975. The lowest BCUT2D eigenvalue weighted by atomic mass is 9.72. The minimum absolute atomic E-state index is 0.0143. The predicted molar refractivity (Wildman–Crippen MR) is 117 cm³/mol. The minimum atomic E-state index is -4.56. The minimum Gasteiger partial charge on any atom is -0.310 e. The molecule has 0 saturated heterocycles. The molecule has 3 atom stereocenters. The van der Waals surface area contributed by atoms with E-state index in [0.29, 0.717) is 17.2 Å². The molecule has 4 heterocycles. The first-order valence-corrected chi connectivity index (χ1v) is 10.9. The standard InChI is InChI=1S/C23H19F3N8O/c1-11-8-29-19(30-9-11)14-4-5-15(14)20-31-21-18(22(35)32-20)16(7-27)33-34(21)12(2)13-3-6-17(28-10-13)23(24,25)26/h3,6,8-10,12,14-15H,4-5H2,1-2H3,(H,31,32,35)/t12-,14?,15?/m0/s1. The third-order valence-corrected chi connectivity index (χ3v) is 6.37. The van der Waals surface area contributed by atoms with E-state index in [1.165, 1.54) is 10.7 Å². The van der Waals surface area contributed by atoms with Crippen LogP contribution in [0.5, 0.6) is 0 Å². The van der Waals surface area contributed by atoms with Crippen molar-refractivity contribution >= 4 is 11.0 Å². The van der Waals surface area contributed by atoms with E-state index >= 15 is 0 Å². The lowest BCUT2D eigenvalue weighted by molar-refractivity contribution is -0.141. The van der Waals surface area contributed by atoms with Gasteiger partial charge in [0, 0.05) is 30.4 Å². The van der Waals surface area contributed by atoms with Crippen molar-refractivity contribution in [3.05, 3.63) is 75.2 Å². The Morgan fingerprint density at radius 2 is 1.86 bits per heavy atom. The first kappa shape index (κ1) is 22.6. The summed E-state index contributed by atoms with van der Waals surface area (Å²) in [5, 5.41) is 13.8. The zero-order valence-corrected chi connectivity index (χ0v) is 18.7. The fourth-order valence-electron chi connectivity index (χ4n) is 4.28. The fraction of sp³-hybridized carbons (Fsp3) is 0.348. The van der Waals surface area contributed by atoms with Crippen molar-refractivity contribution in [2.24, 2.45) is 0 Å². The number of nitrogens with zero attached hydrogens (tertiary/aromatic N) is 7. The van der Waals surface area contributed by atoms with Crippen LogP contribution in [0.3, 0.4) is 0 Å². The molecule has 35 heavy (non-hydrogen) atoms. The Morgan fingerprint density at radius 1 is 1.14 bits per heavy atom. The van der Waals surface area contributed by atoms with Crippen molar-refractivity contribution < 1.29 is 13.2 Å². The van der Waals surface area contributed by atoms with Gasteiger partial charge in [0.15, 0.2) is 11.3 Å². The number of aryl methyl sites for hydroxylation is 1. The molecule has 2 unspecified atom stereocenters. The summed E-state index contributed by atoms with van der Waals surface area (Å²) in [4.78, 5) is 32.7. The SMILES string of the molecule is Cc1cnc(C2CCC2c2nc3c(c(C#N)nn3[C@@H](C)c3ccc(C(F)(F)F)nc3)c(=O)[nH]2)nc1. The highest BCUT2D eigenvalue weighted by atomic mass is 19.4. The van der Waals surface area contributed by atoms with E-state index in [1.54, 1.807) is 19.3 Å². The molecule has 1 aliphatic carbocycles. The van der Waals surface area contributed by atoms with E-state index < -0.39 is 23.5 Å². The molecule has 1 saturated carbocycles. The Bertz CT molecular complexity index is 1500. The molecule has 9 nitrogen and oxygen atoms in total. The molecule has 4 aromatic rings. The smallest absolute Gasteiger partial charge is 0.310 e. The fourth-order valence-corrected chi connectivity index (χ4v) is 4.28. The summed E-state index contributed by atoms with van der Waals surface area (Å²) in [6.07, 6.45) is 1.65. The van der Waals surface area contributed by atoms with Gasteiger partial charge < -0.3 is 4.98 Å². The van der Waals surface area contributed by atoms with Gasteiger partial charge in [-0.2, -0.15) is 23.5 Å². The van der Waals surface area contributed by atoms with Crippen molar-refractivity contribution in [3.8, 4) is 6.07 Å². The van der Waals surface area contributed by atoms with Crippen LogP contribution in [-0.2, 0) is 6.18 Å².